The Labute approximate surface area is 386 Å². The molecule has 3 nitrogen and oxygen atoms in total. The lowest BCUT2D eigenvalue weighted by atomic mass is 9.70. The molecule has 0 unspecified atom stereocenters. The second-order valence-electron chi connectivity index (χ2n) is 17.4. The van der Waals surface area contributed by atoms with Gasteiger partial charge >= 0.3 is 0 Å². The minimum atomic E-state index is -0.473. The van der Waals surface area contributed by atoms with Gasteiger partial charge in [-0.25, -0.2) is 15.0 Å². The Bertz CT molecular complexity index is 3870. The van der Waals surface area contributed by atoms with Crippen LogP contribution < -0.4 is 0 Å². The van der Waals surface area contributed by atoms with E-state index in [0.717, 1.165) is 27.8 Å². The number of fused-ring (bicyclic) bond motifs is 14. The molecule has 306 valence electrons. The molecule has 14 rings (SSSR count). The molecule has 1 spiro atoms. The number of hydrogen-bond acceptors (Lipinski definition) is 4. The van der Waals surface area contributed by atoms with E-state index in [4.69, 9.17) is 15.0 Å². The third-order valence-corrected chi connectivity index (χ3v) is 15.1. The topological polar surface area (TPSA) is 38.7 Å². The van der Waals surface area contributed by atoms with Gasteiger partial charge in [0.15, 0.2) is 17.5 Å². The van der Waals surface area contributed by atoms with Crippen LogP contribution in [0, 0.1) is 0 Å². The summed E-state index contributed by atoms with van der Waals surface area (Å²) in [6.07, 6.45) is 0. The van der Waals surface area contributed by atoms with E-state index in [9.17, 15) is 0 Å². The van der Waals surface area contributed by atoms with Crippen molar-refractivity contribution in [3.63, 3.8) is 0 Å². The first-order chi connectivity index (χ1) is 32.7. The first kappa shape index (κ1) is 37.1. The van der Waals surface area contributed by atoms with E-state index in [2.05, 4.69) is 224 Å². The van der Waals surface area contributed by atoms with Crippen LogP contribution in [0.2, 0.25) is 0 Å². The minimum Gasteiger partial charge on any atom is -0.208 e. The fraction of sp³-hybridized carbons (Fsp3) is 0.0161. The number of aromatic nitrogens is 3. The normalized spacial score (nSPS) is 13.0. The van der Waals surface area contributed by atoms with Crippen LogP contribution in [0.3, 0.4) is 0 Å². The van der Waals surface area contributed by atoms with Crippen molar-refractivity contribution in [2.24, 2.45) is 0 Å². The van der Waals surface area contributed by atoms with Gasteiger partial charge in [0.2, 0.25) is 0 Å². The van der Waals surface area contributed by atoms with Crippen LogP contribution in [-0.2, 0) is 5.41 Å². The fourth-order valence-electron chi connectivity index (χ4n) is 11.0. The van der Waals surface area contributed by atoms with Crippen molar-refractivity contribution in [1.82, 2.24) is 15.0 Å². The predicted molar refractivity (Wildman–Crippen MR) is 274 cm³/mol. The molecular formula is C62H37N3S. The Morgan fingerprint density at radius 2 is 0.727 bits per heavy atom. The van der Waals surface area contributed by atoms with Gasteiger partial charge in [-0.3, -0.25) is 0 Å². The summed E-state index contributed by atoms with van der Waals surface area (Å²) in [6.45, 7) is 0. The Morgan fingerprint density at radius 1 is 0.273 bits per heavy atom. The highest BCUT2D eigenvalue weighted by atomic mass is 32.1. The molecular weight excluding hydrogens is 819 g/mol. The minimum absolute atomic E-state index is 0.473. The predicted octanol–water partition coefficient (Wildman–Crippen LogP) is 16.1. The van der Waals surface area contributed by atoms with E-state index >= 15 is 0 Å². The highest BCUT2D eigenvalue weighted by Gasteiger charge is 2.51. The number of nitrogens with zero attached hydrogens (tertiary/aromatic N) is 3. The van der Waals surface area contributed by atoms with Crippen molar-refractivity contribution >= 4 is 42.3 Å². The summed E-state index contributed by atoms with van der Waals surface area (Å²) in [7, 11) is 0. The maximum atomic E-state index is 5.33. The Kier molecular flexibility index (Phi) is 8.07. The standard InChI is InChI=1S/C62H37N3S/c1-2-14-45-39(12-1)13-11-19-46(45)40-26-30-42(31-27-40)60-63-59(41-28-24-38(25-29-41)43-33-35-58-52(36-43)51-18-6-10-23-57(51)66-58)64-61(65-60)44-32-34-50-49-17-5-9-22-55(49)62(56(50)37-44)53-20-7-3-15-47(53)48-16-4-8-21-54(48)62/h1-37H. The molecule has 0 atom stereocenters. The maximum Gasteiger partial charge on any atom is 0.164 e. The zero-order chi connectivity index (χ0) is 43.3. The van der Waals surface area contributed by atoms with Crippen molar-refractivity contribution in [2.45, 2.75) is 5.41 Å². The molecule has 10 aromatic carbocycles. The molecule has 2 aromatic heterocycles. The molecule has 66 heavy (non-hydrogen) atoms. The molecule has 0 amide bonds. The highest BCUT2D eigenvalue weighted by Crippen LogP contribution is 2.63. The van der Waals surface area contributed by atoms with Gasteiger partial charge in [-0.2, -0.15) is 0 Å². The highest BCUT2D eigenvalue weighted by molar-refractivity contribution is 7.25. The Balaban J connectivity index is 0.925. The van der Waals surface area contributed by atoms with E-state index in [1.165, 1.54) is 86.6 Å². The molecule has 0 fully saturated rings. The van der Waals surface area contributed by atoms with Gasteiger partial charge in [0, 0.05) is 36.9 Å². The Hall–Kier alpha value is -8.31. The van der Waals surface area contributed by atoms with E-state index in [1.807, 2.05) is 11.3 Å². The fourth-order valence-corrected chi connectivity index (χ4v) is 12.1. The SMILES string of the molecule is c1ccc2c(c1)-c1ccccc1C21c2ccccc2-c2ccc(-c3nc(-c4ccc(-c5ccc6sc7ccccc7c6c5)cc4)nc(-c4ccc(-c5cccc6ccccc56)cc4)n3)cc21. The molecule has 2 heterocycles. The van der Waals surface area contributed by atoms with Gasteiger partial charge in [-0.1, -0.05) is 200 Å². The van der Waals surface area contributed by atoms with Crippen LogP contribution in [0.4, 0.5) is 0 Å². The molecule has 4 heteroatoms. The zero-order valence-corrected chi connectivity index (χ0v) is 36.4. The quantitative estimate of drug-likeness (QED) is 0.173. The molecule has 2 aliphatic carbocycles. The summed E-state index contributed by atoms with van der Waals surface area (Å²) >= 11 is 1.84. The van der Waals surface area contributed by atoms with Crippen molar-refractivity contribution in [1.29, 1.82) is 0 Å². The second-order valence-corrected chi connectivity index (χ2v) is 18.5. The van der Waals surface area contributed by atoms with E-state index in [-0.39, 0.29) is 0 Å². The van der Waals surface area contributed by atoms with Crippen LogP contribution in [0.5, 0.6) is 0 Å². The van der Waals surface area contributed by atoms with Crippen LogP contribution >= 0.6 is 11.3 Å². The van der Waals surface area contributed by atoms with Crippen LogP contribution in [0.15, 0.2) is 224 Å². The molecule has 0 radical (unpaired) electrons. The largest absolute Gasteiger partial charge is 0.208 e. The number of rotatable bonds is 5. The van der Waals surface area contributed by atoms with Crippen molar-refractivity contribution in [3.05, 3.63) is 247 Å². The molecule has 0 saturated heterocycles. The van der Waals surface area contributed by atoms with Crippen LogP contribution in [0.1, 0.15) is 22.3 Å². The monoisotopic (exact) mass is 855 g/mol. The number of thiophene rings is 1. The summed E-state index contributed by atoms with van der Waals surface area (Å²) in [5.41, 5.74) is 17.3. The molecule has 0 saturated carbocycles. The number of benzene rings is 10. The second kappa shape index (κ2) is 14.3. The van der Waals surface area contributed by atoms with Gasteiger partial charge in [-0.15, -0.1) is 11.3 Å². The lowest BCUT2D eigenvalue weighted by molar-refractivity contribution is 0.794. The first-order valence-electron chi connectivity index (χ1n) is 22.5. The van der Waals surface area contributed by atoms with E-state index in [1.54, 1.807) is 0 Å². The lowest BCUT2D eigenvalue weighted by Crippen LogP contribution is -2.25. The van der Waals surface area contributed by atoms with E-state index < -0.39 is 5.41 Å². The van der Waals surface area contributed by atoms with Crippen molar-refractivity contribution in [3.8, 4) is 78.7 Å². The summed E-state index contributed by atoms with van der Waals surface area (Å²) < 4.78 is 2.61. The molecule has 2 aliphatic rings. The van der Waals surface area contributed by atoms with E-state index in [0.29, 0.717) is 17.5 Å². The number of hydrogen-bond donors (Lipinski definition) is 0. The lowest BCUT2D eigenvalue weighted by Gasteiger charge is -2.30. The summed E-state index contributed by atoms with van der Waals surface area (Å²) in [5, 5.41) is 5.04. The van der Waals surface area contributed by atoms with Gasteiger partial charge in [-0.05, 0) is 102 Å². The third-order valence-electron chi connectivity index (χ3n) is 14.0. The van der Waals surface area contributed by atoms with Gasteiger partial charge in [0.05, 0.1) is 5.41 Å². The summed E-state index contributed by atoms with van der Waals surface area (Å²) in [5.74, 6) is 1.91. The van der Waals surface area contributed by atoms with Crippen molar-refractivity contribution < 1.29 is 0 Å². The molecule has 0 aliphatic heterocycles. The smallest absolute Gasteiger partial charge is 0.164 e. The average molecular weight is 856 g/mol. The van der Waals surface area contributed by atoms with Gasteiger partial charge in [0.1, 0.15) is 0 Å². The molecule has 0 N–H and O–H groups in total. The first-order valence-corrected chi connectivity index (χ1v) is 23.3. The van der Waals surface area contributed by atoms with Gasteiger partial charge in [0.25, 0.3) is 0 Å². The van der Waals surface area contributed by atoms with Gasteiger partial charge < -0.3 is 0 Å². The third kappa shape index (κ3) is 5.46. The van der Waals surface area contributed by atoms with Crippen LogP contribution in [-0.4, -0.2) is 15.0 Å². The zero-order valence-electron chi connectivity index (χ0n) is 35.6. The molecule has 0 bridgehead atoms. The average Bonchev–Trinajstić information content (AvgIpc) is 4.02. The maximum absolute atomic E-state index is 5.33. The van der Waals surface area contributed by atoms with Crippen molar-refractivity contribution in [2.75, 3.05) is 0 Å². The van der Waals surface area contributed by atoms with Crippen LogP contribution in [0.25, 0.3) is 110 Å². The Morgan fingerprint density at radius 3 is 1.39 bits per heavy atom. The summed E-state index contributed by atoms with van der Waals surface area (Å²) in [6, 6.07) is 81.5. The molecule has 12 aromatic rings. The summed E-state index contributed by atoms with van der Waals surface area (Å²) in [4.78, 5) is 15.9.